The molecule has 2 aromatic heterocycles. The van der Waals surface area contributed by atoms with Gasteiger partial charge < -0.3 is 0 Å². The molecule has 0 N–H and O–H groups in total. The van der Waals surface area contributed by atoms with Gasteiger partial charge in [-0.1, -0.05) is 72.3 Å². The molecule has 138 valence electrons. The third-order valence-electron chi connectivity index (χ3n) is 5.18. The lowest BCUT2D eigenvalue weighted by Crippen LogP contribution is -1.79. The van der Waals surface area contributed by atoms with E-state index in [1.54, 1.807) is 22.7 Å². The van der Waals surface area contributed by atoms with Gasteiger partial charge in [0.2, 0.25) is 0 Å². The Labute approximate surface area is 180 Å². The standard InChI is InChI=1S/C25H14ClNS2/c26-18-10-11-19-20-13-21-24(14-23(20)28-22(19)12-18)29-25(27-21)17-8-6-16(7-9-17)15-4-2-1-3-5-15/h1-14H. The Morgan fingerprint density at radius 3 is 2.14 bits per heavy atom. The number of thiazole rings is 1. The first-order valence-corrected chi connectivity index (χ1v) is 11.3. The van der Waals surface area contributed by atoms with Gasteiger partial charge in [0.05, 0.1) is 10.2 Å². The summed E-state index contributed by atoms with van der Waals surface area (Å²) in [4.78, 5) is 4.94. The fourth-order valence-corrected chi connectivity index (χ4v) is 6.20. The number of nitrogens with zero attached hydrogens (tertiary/aromatic N) is 1. The van der Waals surface area contributed by atoms with Gasteiger partial charge in [-0.3, -0.25) is 0 Å². The Balaban J connectivity index is 1.44. The van der Waals surface area contributed by atoms with Crippen molar-refractivity contribution in [3.63, 3.8) is 0 Å². The molecule has 0 atom stereocenters. The number of thiophene rings is 1. The molecule has 0 saturated heterocycles. The Hall–Kier alpha value is -2.72. The lowest BCUT2D eigenvalue weighted by molar-refractivity contribution is 1.48. The highest BCUT2D eigenvalue weighted by Crippen LogP contribution is 2.40. The summed E-state index contributed by atoms with van der Waals surface area (Å²) in [5.74, 6) is 0. The first-order chi connectivity index (χ1) is 14.2. The highest BCUT2D eigenvalue weighted by atomic mass is 35.5. The van der Waals surface area contributed by atoms with Gasteiger partial charge in [-0.05, 0) is 35.4 Å². The maximum atomic E-state index is 6.17. The molecule has 4 heteroatoms. The van der Waals surface area contributed by atoms with Crippen LogP contribution in [-0.4, -0.2) is 4.98 Å². The largest absolute Gasteiger partial charge is 0.236 e. The Morgan fingerprint density at radius 1 is 0.586 bits per heavy atom. The second kappa shape index (κ2) is 6.67. The molecular formula is C25H14ClNS2. The maximum Gasteiger partial charge on any atom is 0.124 e. The second-order valence-electron chi connectivity index (χ2n) is 7.02. The summed E-state index contributed by atoms with van der Waals surface area (Å²) in [7, 11) is 0. The van der Waals surface area contributed by atoms with Crippen LogP contribution in [-0.2, 0) is 0 Å². The van der Waals surface area contributed by atoms with Crippen LogP contribution in [0.4, 0.5) is 0 Å². The Kier molecular flexibility index (Phi) is 3.95. The van der Waals surface area contributed by atoms with Gasteiger partial charge in [0.25, 0.3) is 0 Å². The summed E-state index contributed by atoms with van der Waals surface area (Å²) >= 11 is 9.70. The van der Waals surface area contributed by atoms with Crippen LogP contribution in [0.2, 0.25) is 5.02 Å². The first kappa shape index (κ1) is 17.2. The third kappa shape index (κ3) is 2.94. The van der Waals surface area contributed by atoms with Crippen molar-refractivity contribution >= 4 is 64.7 Å². The van der Waals surface area contributed by atoms with E-state index >= 15 is 0 Å². The second-order valence-corrected chi connectivity index (χ2v) is 9.57. The van der Waals surface area contributed by atoms with Crippen LogP contribution in [0.15, 0.2) is 84.9 Å². The summed E-state index contributed by atoms with van der Waals surface area (Å²) in [5.41, 5.74) is 4.67. The molecule has 2 heterocycles. The van der Waals surface area contributed by atoms with Crippen molar-refractivity contribution in [1.29, 1.82) is 0 Å². The van der Waals surface area contributed by atoms with Crippen LogP contribution in [0.1, 0.15) is 0 Å². The van der Waals surface area contributed by atoms with Crippen LogP contribution in [0.25, 0.3) is 52.1 Å². The van der Waals surface area contributed by atoms with E-state index in [4.69, 9.17) is 16.6 Å². The molecule has 29 heavy (non-hydrogen) atoms. The zero-order valence-corrected chi connectivity index (χ0v) is 17.6. The summed E-state index contributed by atoms with van der Waals surface area (Å²) < 4.78 is 3.73. The lowest BCUT2D eigenvalue weighted by Gasteiger charge is -2.02. The fraction of sp³-hybridized carbons (Fsp3) is 0. The monoisotopic (exact) mass is 427 g/mol. The van der Waals surface area contributed by atoms with Crippen molar-refractivity contribution in [1.82, 2.24) is 4.98 Å². The average molecular weight is 428 g/mol. The van der Waals surface area contributed by atoms with Crippen molar-refractivity contribution in [2.75, 3.05) is 0 Å². The van der Waals surface area contributed by atoms with Gasteiger partial charge in [-0.15, -0.1) is 22.7 Å². The third-order valence-corrected chi connectivity index (χ3v) is 7.60. The minimum Gasteiger partial charge on any atom is -0.236 e. The van der Waals surface area contributed by atoms with Crippen molar-refractivity contribution in [2.45, 2.75) is 0 Å². The van der Waals surface area contributed by atoms with E-state index in [1.807, 2.05) is 18.2 Å². The molecule has 4 aromatic carbocycles. The predicted octanol–water partition coefficient (Wildman–Crippen LogP) is 8.65. The first-order valence-electron chi connectivity index (χ1n) is 9.33. The van der Waals surface area contributed by atoms with Gasteiger partial charge in [0, 0.05) is 30.8 Å². The van der Waals surface area contributed by atoms with Crippen LogP contribution in [0.5, 0.6) is 0 Å². The number of fused-ring (bicyclic) bond motifs is 4. The molecule has 0 fully saturated rings. The van der Waals surface area contributed by atoms with E-state index in [1.165, 1.54) is 36.0 Å². The topological polar surface area (TPSA) is 12.9 Å². The lowest BCUT2D eigenvalue weighted by atomic mass is 10.0. The number of rotatable bonds is 2. The number of benzene rings is 4. The van der Waals surface area contributed by atoms with Crippen molar-refractivity contribution in [3.8, 4) is 21.7 Å². The molecule has 6 rings (SSSR count). The Morgan fingerprint density at radius 2 is 1.31 bits per heavy atom. The SMILES string of the molecule is Clc1ccc2c(c1)sc1cc3sc(-c4ccc(-c5ccccc5)cc4)nc3cc12. The van der Waals surface area contributed by atoms with Crippen LogP contribution in [0.3, 0.4) is 0 Å². The number of hydrogen-bond donors (Lipinski definition) is 0. The van der Waals surface area contributed by atoms with Crippen molar-refractivity contribution in [3.05, 3.63) is 90.0 Å². The van der Waals surface area contributed by atoms with E-state index in [-0.39, 0.29) is 0 Å². The molecule has 0 aliphatic heterocycles. The van der Waals surface area contributed by atoms with Gasteiger partial charge in [0.15, 0.2) is 0 Å². The summed E-state index contributed by atoms with van der Waals surface area (Å²) in [6, 6.07) is 29.7. The van der Waals surface area contributed by atoms with Crippen LogP contribution < -0.4 is 0 Å². The molecule has 0 spiro atoms. The van der Waals surface area contributed by atoms with Gasteiger partial charge >= 0.3 is 0 Å². The molecule has 0 radical (unpaired) electrons. The van der Waals surface area contributed by atoms with E-state index in [0.29, 0.717) is 0 Å². The molecule has 6 aromatic rings. The molecule has 0 saturated carbocycles. The minimum atomic E-state index is 0.783. The molecule has 0 bridgehead atoms. The molecule has 0 aliphatic rings. The molecule has 1 nitrogen and oxygen atoms in total. The normalized spacial score (nSPS) is 11.6. The molecule has 0 unspecified atom stereocenters. The quantitative estimate of drug-likeness (QED) is 0.269. The van der Waals surface area contributed by atoms with Crippen LogP contribution >= 0.6 is 34.3 Å². The maximum absolute atomic E-state index is 6.17. The molecular weight excluding hydrogens is 414 g/mol. The number of aromatic nitrogens is 1. The summed E-state index contributed by atoms with van der Waals surface area (Å²) in [6.45, 7) is 0. The average Bonchev–Trinajstić information content (AvgIpc) is 3.32. The van der Waals surface area contributed by atoms with E-state index in [2.05, 4.69) is 66.7 Å². The zero-order valence-electron chi connectivity index (χ0n) is 15.2. The van der Waals surface area contributed by atoms with E-state index in [0.717, 1.165) is 21.1 Å². The smallest absolute Gasteiger partial charge is 0.124 e. The Bertz CT molecular complexity index is 1500. The summed E-state index contributed by atoms with van der Waals surface area (Å²) in [6.07, 6.45) is 0. The highest BCUT2D eigenvalue weighted by Gasteiger charge is 2.12. The van der Waals surface area contributed by atoms with Gasteiger partial charge in [-0.2, -0.15) is 0 Å². The zero-order chi connectivity index (χ0) is 19.4. The van der Waals surface area contributed by atoms with Gasteiger partial charge in [-0.25, -0.2) is 4.98 Å². The van der Waals surface area contributed by atoms with Gasteiger partial charge in [0.1, 0.15) is 5.01 Å². The fourth-order valence-electron chi connectivity index (χ4n) is 3.73. The van der Waals surface area contributed by atoms with E-state index in [9.17, 15) is 0 Å². The van der Waals surface area contributed by atoms with E-state index < -0.39 is 0 Å². The highest BCUT2D eigenvalue weighted by molar-refractivity contribution is 7.26. The number of halogens is 1. The molecule has 0 aliphatic carbocycles. The predicted molar refractivity (Wildman–Crippen MR) is 128 cm³/mol. The van der Waals surface area contributed by atoms with Crippen molar-refractivity contribution in [2.24, 2.45) is 0 Å². The minimum absolute atomic E-state index is 0.783. The molecule has 0 amide bonds. The van der Waals surface area contributed by atoms with Crippen molar-refractivity contribution < 1.29 is 0 Å². The van der Waals surface area contributed by atoms with Crippen LogP contribution in [0, 0.1) is 0 Å². The number of hydrogen-bond acceptors (Lipinski definition) is 3. The summed E-state index contributed by atoms with van der Waals surface area (Å²) in [5, 5.41) is 4.35.